The summed E-state index contributed by atoms with van der Waals surface area (Å²) in [5, 5.41) is -0.341. The van der Waals surface area contributed by atoms with Crippen LogP contribution in [0.3, 0.4) is 0 Å². The minimum absolute atomic E-state index is 0.0313. The average molecular weight is 555 g/mol. The van der Waals surface area contributed by atoms with Gasteiger partial charge in [0.25, 0.3) is 15.9 Å². The third-order valence-electron chi connectivity index (χ3n) is 7.16. The number of methoxy groups -OCH3 is 1. The van der Waals surface area contributed by atoms with Gasteiger partial charge in [-0.25, -0.2) is 19.7 Å². The van der Waals surface area contributed by atoms with Gasteiger partial charge in [-0.2, -0.15) is 8.42 Å². The minimum Gasteiger partial charge on any atom is -0.475 e. The largest absolute Gasteiger partial charge is 0.475 e. The molecular formula is C27H34N6O5S. The van der Waals surface area contributed by atoms with Gasteiger partial charge >= 0.3 is 0 Å². The third kappa shape index (κ3) is 5.96. The number of nitrogens with two attached hydrogens (primary N) is 1. The molecule has 39 heavy (non-hydrogen) atoms. The second-order valence-electron chi connectivity index (χ2n) is 10.1. The summed E-state index contributed by atoms with van der Waals surface area (Å²) >= 11 is 0. The monoisotopic (exact) mass is 554 g/mol. The van der Waals surface area contributed by atoms with Crippen molar-refractivity contribution in [3.8, 4) is 17.1 Å². The molecule has 1 aliphatic rings. The van der Waals surface area contributed by atoms with Crippen LogP contribution in [0.25, 0.3) is 11.3 Å². The number of aromatic nitrogens is 3. The summed E-state index contributed by atoms with van der Waals surface area (Å²) in [6, 6.07) is 9.38. The lowest BCUT2D eigenvalue weighted by atomic mass is 9.90. The zero-order valence-electron chi connectivity index (χ0n) is 22.8. The molecule has 4 rings (SSSR count). The standard InChI is InChI=1S/C27H34N6O5S/c1-17-15-19(16-29-26(17)38-14-13-37-5)21-10-9-20(24(30-21)33-12-11-18(2)27(33,3)4)25(34)32-39(35,36)23-8-6-7-22(28)31-23/h6-10,15-16,18H,11-14H2,1-5H3,(H2,28,31)(H,32,34). The number of nitrogens with zero attached hydrogens (tertiary/aromatic N) is 4. The van der Waals surface area contributed by atoms with Crippen molar-refractivity contribution in [2.45, 2.75) is 44.7 Å². The number of hydrogen-bond donors (Lipinski definition) is 2. The first-order chi connectivity index (χ1) is 18.4. The molecule has 1 amide bonds. The Labute approximate surface area is 228 Å². The van der Waals surface area contributed by atoms with Crippen LogP contribution in [0.1, 0.15) is 43.1 Å². The molecule has 1 saturated heterocycles. The molecule has 3 aromatic rings. The van der Waals surface area contributed by atoms with Gasteiger partial charge in [-0.15, -0.1) is 0 Å². The van der Waals surface area contributed by atoms with Crippen LogP contribution in [0.15, 0.2) is 47.6 Å². The number of anilines is 2. The predicted molar refractivity (Wildman–Crippen MR) is 148 cm³/mol. The summed E-state index contributed by atoms with van der Waals surface area (Å²) in [4.78, 5) is 28.6. The Morgan fingerprint density at radius 1 is 1.21 bits per heavy atom. The van der Waals surface area contributed by atoms with E-state index in [1.165, 1.54) is 18.2 Å². The Hall–Kier alpha value is -3.77. The van der Waals surface area contributed by atoms with E-state index in [2.05, 4.69) is 40.4 Å². The van der Waals surface area contributed by atoms with E-state index in [4.69, 9.17) is 20.2 Å². The van der Waals surface area contributed by atoms with Crippen LogP contribution in [0.4, 0.5) is 11.6 Å². The lowest BCUT2D eigenvalue weighted by Gasteiger charge is -2.36. The van der Waals surface area contributed by atoms with Gasteiger partial charge in [0.15, 0.2) is 5.03 Å². The van der Waals surface area contributed by atoms with Crippen molar-refractivity contribution in [2.75, 3.05) is 37.5 Å². The maximum Gasteiger partial charge on any atom is 0.281 e. The number of nitrogen functional groups attached to an aromatic ring is 1. The Balaban J connectivity index is 1.72. The normalized spacial score (nSPS) is 16.7. The van der Waals surface area contributed by atoms with E-state index < -0.39 is 15.9 Å². The van der Waals surface area contributed by atoms with E-state index in [0.717, 1.165) is 17.5 Å². The number of aryl methyl sites for hydroxylation is 1. The SMILES string of the molecule is COCCOc1ncc(-c2ccc(C(=O)NS(=O)(=O)c3cccc(N)n3)c(N3CCC(C)C3(C)C)n2)cc1C. The number of carbonyl (C=O) groups is 1. The van der Waals surface area contributed by atoms with E-state index in [0.29, 0.717) is 43.1 Å². The Bertz CT molecular complexity index is 1480. The molecule has 0 aliphatic carbocycles. The summed E-state index contributed by atoms with van der Waals surface area (Å²) in [5.74, 6) is 0.449. The lowest BCUT2D eigenvalue weighted by Crippen LogP contribution is -2.43. The fourth-order valence-electron chi connectivity index (χ4n) is 4.49. The summed E-state index contributed by atoms with van der Waals surface area (Å²) in [5.41, 5.74) is 7.62. The van der Waals surface area contributed by atoms with Gasteiger partial charge in [-0.3, -0.25) is 4.79 Å². The number of amides is 1. The second kappa shape index (κ2) is 11.1. The van der Waals surface area contributed by atoms with Gasteiger partial charge in [0.1, 0.15) is 18.2 Å². The Morgan fingerprint density at radius 3 is 2.62 bits per heavy atom. The van der Waals surface area contributed by atoms with Crippen molar-refractivity contribution in [1.82, 2.24) is 19.7 Å². The van der Waals surface area contributed by atoms with Crippen molar-refractivity contribution in [3.05, 3.63) is 53.7 Å². The number of sulfonamides is 1. The van der Waals surface area contributed by atoms with Gasteiger partial charge in [0.05, 0.1) is 17.9 Å². The highest BCUT2D eigenvalue weighted by molar-refractivity contribution is 7.90. The number of pyridine rings is 3. The first kappa shape index (κ1) is 28.2. The molecule has 1 fully saturated rings. The highest BCUT2D eigenvalue weighted by Gasteiger charge is 2.41. The van der Waals surface area contributed by atoms with Gasteiger partial charge < -0.3 is 20.1 Å². The zero-order chi connectivity index (χ0) is 28.4. The third-order valence-corrected chi connectivity index (χ3v) is 8.39. The topological polar surface area (TPSA) is 150 Å². The molecule has 0 spiro atoms. The van der Waals surface area contributed by atoms with Crippen molar-refractivity contribution >= 4 is 27.6 Å². The van der Waals surface area contributed by atoms with Crippen LogP contribution < -0.4 is 20.1 Å². The van der Waals surface area contributed by atoms with E-state index in [-0.39, 0.29) is 21.9 Å². The smallest absolute Gasteiger partial charge is 0.281 e. The van der Waals surface area contributed by atoms with Gasteiger partial charge in [-0.05, 0) is 63.4 Å². The van der Waals surface area contributed by atoms with Crippen molar-refractivity contribution in [3.63, 3.8) is 0 Å². The molecule has 12 heteroatoms. The highest BCUT2D eigenvalue weighted by Crippen LogP contribution is 2.39. The maximum atomic E-state index is 13.4. The lowest BCUT2D eigenvalue weighted by molar-refractivity contribution is 0.0981. The molecule has 4 heterocycles. The summed E-state index contributed by atoms with van der Waals surface area (Å²) in [6.45, 7) is 9.71. The van der Waals surface area contributed by atoms with E-state index >= 15 is 0 Å². The van der Waals surface area contributed by atoms with Crippen molar-refractivity contribution in [1.29, 1.82) is 0 Å². The number of hydrogen-bond acceptors (Lipinski definition) is 10. The van der Waals surface area contributed by atoms with Crippen LogP contribution in [0.2, 0.25) is 0 Å². The zero-order valence-corrected chi connectivity index (χ0v) is 23.6. The first-order valence-electron chi connectivity index (χ1n) is 12.6. The summed E-state index contributed by atoms with van der Waals surface area (Å²) in [7, 11) is -2.66. The van der Waals surface area contributed by atoms with E-state index in [9.17, 15) is 13.2 Å². The highest BCUT2D eigenvalue weighted by atomic mass is 32.2. The van der Waals surface area contributed by atoms with Crippen molar-refractivity contribution < 1.29 is 22.7 Å². The van der Waals surface area contributed by atoms with Crippen LogP contribution in [-0.2, 0) is 14.8 Å². The molecule has 0 saturated carbocycles. The van der Waals surface area contributed by atoms with Gasteiger partial charge in [-0.1, -0.05) is 13.0 Å². The molecule has 208 valence electrons. The first-order valence-corrected chi connectivity index (χ1v) is 14.1. The van der Waals surface area contributed by atoms with E-state index in [1.54, 1.807) is 25.4 Å². The van der Waals surface area contributed by atoms with Gasteiger partial charge in [0, 0.05) is 36.5 Å². The molecule has 0 aromatic carbocycles. The summed E-state index contributed by atoms with van der Waals surface area (Å²) < 4.78 is 38.7. The van der Waals surface area contributed by atoms with Gasteiger partial charge in [0.2, 0.25) is 5.88 Å². The van der Waals surface area contributed by atoms with Crippen LogP contribution in [-0.4, -0.2) is 61.7 Å². The second-order valence-corrected chi connectivity index (χ2v) is 11.7. The molecule has 1 aliphatic heterocycles. The number of rotatable bonds is 9. The van der Waals surface area contributed by atoms with Crippen LogP contribution in [0, 0.1) is 12.8 Å². The Morgan fingerprint density at radius 2 is 1.97 bits per heavy atom. The number of carbonyl (C=O) groups excluding carboxylic acids is 1. The fourth-order valence-corrected chi connectivity index (χ4v) is 5.43. The average Bonchev–Trinajstić information content (AvgIpc) is 3.16. The molecule has 0 bridgehead atoms. The minimum atomic E-state index is -4.26. The quantitative estimate of drug-likeness (QED) is 0.378. The predicted octanol–water partition coefficient (Wildman–Crippen LogP) is 3.20. The summed E-state index contributed by atoms with van der Waals surface area (Å²) in [6.07, 6.45) is 2.56. The molecule has 1 unspecified atom stereocenters. The van der Waals surface area contributed by atoms with E-state index in [1.807, 2.05) is 13.0 Å². The molecule has 1 atom stereocenters. The molecule has 11 nitrogen and oxygen atoms in total. The molecule has 3 aromatic heterocycles. The molecular weight excluding hydrogens is 520 g/mol. The van der Waals surface area contributed by atoms with Crippen LogP contribution >= 0.6 is 0 Å². The van der Waals surface area contributed by atoms with Crippen molar-refractivity contribution in [2.24, 2.45) is 5.92 Å². The Kier molecular flexibility index (Phi) is 8.07. The maximum absolute atomic E-state index is 13.4. The number of nitrogens with one attached hydrogen (secondary N) is 1. The van der Waals surface area contributed by atoms with Crippen LogP contribution in [0.5, 0.6) is 5.88 Å². The molecule has 3 N–H and O–H groups in total. The molecule has 0 radical (unpaired) electrons. The fraction of sp³-hybridized carbons (Fsp3) is 0.407. The number of ether oxygens (including phenoxy) is 2.